The van der Waals surface area contributed by atoms with Crippen molar-refractivity contribution in [2.24, 2.45) is 0 Å². The summed E-state index contributed by atoms with van der Waals surface area (Å²) in [5, 5.41) is 14.2. The molecule has 0 aliphatic heterocycles. The molecule has 0 atom stereocenters. The van der Waals surface area contributed by atoms with Gasteiger partial charge in [-0.25, -0.2) is 0 Å². The molecule has 17 heavy (non-hydrogen) atoms. The van der Waals surface area contributed by atoms with Crippen molar-refractivity contribution in [1.29, 1.82) is 0 Å². The fourth-order valence-electron chi connectivity index (χ4n) is 1.24. The lowest BCUT2D eigenvalue weighted by atomic mass is 10.3. The predicted octanol–water partition coefficient (Wildman–Crippen LogP) is 2.95. The van der Waals surface area contributed by atoms with E-state index in [9.17, 15) is 0 Å². The smallest absolute Gasteiger partial charge is 0.320 e. The van der Waals surface area contributed by atoms with Crippen LogP contribution in [0.2, 0.25) is 5.02 Å². The van der Waals surface area contributed by atoms with Gasteiger partial charge in [0.25, 0.3) is 0 Å². The van der Waals surface area contributed by atoms with E-state index in [2.05, 4.69) is 36.8 Å². The van der Waals surface area contributed by atoms with Gasteiger partial charge in [-0.2, -0.15) is 0 Å². The topological polar surface area (TPSA) is 63.0 Å². The minimum absolute atomic E-state index is 0.315. The summed E-state index contributed by atoms with van der Waals surface area (Å²) in [5.41, 5.74) is 0.709. The van der Waals surface area contributed by atoms with Crippen molar-refractivity contribution in [3.05, 3.63) is 33.6 Å². The molecule has 0 bridgehead atoms. The molecular formula is C10H10BrClN4O. The second-order valence-corrected chi connectivity index (χ2v) is 4.60. The highest BCUT2D eigenvalue weighted by molar-refractivity contribution is 9.10. The second-order valence-electron chi connectivity index (χ2n) is 3.28. The highest BCUT2D eigenvalue weighted by atomic mass is 79.9. The number of hydrogen-bond donors (Lipinski definition) is 2. The molecule has 1 aromatic heterocycles. The predicted molar refractivity (Wildman–Crippen MR) is 69.5 cm³/mol. The molecule has 1 aromatic carbocycles. The normalized spacial score (nSPS) is 10.5. The van der Waals surface area contributed by atoms with E-state index in [0.29, 0.717) is 29.2 Å². The van der Waals surface area contributed by atoms with Gasteiger partial charge in [0.05, 0.1) is 17.3 Å². The standard InChI is InChI=1S/C10H10BrClN4O/c1-13-5-9-15-16-10(17-9)14-8-4-6(11)2-3-7(8)12/h2-4,13H,5H2,1H3,(H,14,16). The first-order chi connectivity index (χ1) is 8.19. The number of anilines is 2. The maximum atomic E-state index is 6.03. The minimum Gasteiger partial charge on any atom is -0.406 e. The molecule has 0 amide bonds. The number of benzene rings is 1. The molecule has 0 saturated heterocycles. The summed E-state index contributed by atoms with van der Waals surface area (Å²) in [6, 6.07) is 5.78. The van der Waals surface area contributed by atoms with Gasteiger partial charge in [0, 0.05) is 4.47 Å². The summed E-state index contributed by atoms with van der Waals surface area (Å²) < 4.78 is 6.27. The van der Waals surface area contributed by atoms with Gasteiger partial charge in [0.1, 0.15) is 0 Å². The van der Waals surface area contributed by atoms with Crippen molar-refractivity contribution in [2.45, 2.75) is 6.54 Å². The third-order valence-electron chi connectivity index (χ3n) is 1.96. The largest absolute Gasteiger partial charge is 0.406 e. The number of aromatic nitrogens is 2. The summed E-state index contributed by atoms with van der Waals surface area (Å²) in [6.07, 6.45) is 0. The van der Waals surface area contributed by atoms with Crippen LogP contribution in [0.3, 0.4) is 0 Å². The summed E-state index contributed by atoms with van der Waals surface area (Å²) >= 11 is 9.39. The van der Waals surface area contributed by atoms with E-state index in [0.717, 1.165) is 4.47 Å². The summed E-state index contributed by atoms with van der Waals surface area (Å²) in [7, 11) is 1.81. The molecule has 0 unspecified atom stereocenters. The fourth-order valence-corrected chi connectivity index (χ4v) is 1.76. The average Bonchev–Trinajstić information content (AvgIpc) is 2.72. The van der Waals surface area contributed by atoms with Crippen LogP contribution in [0.25, 0.3) is 0 Å². The molecule has 1 heterocycles. The average molecular weight is 318 g/mol. The van der Waals surface area contributed by atoms with Crippen LogP contribution >= 0.6 is 27.5 Å². The summed E-state index contributed by atoms with van der Waals surface area (Å²) in [4.78, 5) is 0. The molecule has 5 nitrogen and oxygen atoms in total. The first-order valence-corrected chi connectivity index (χ1v) is 6.05. The van der Waals surface area contributed by atoms with Gasteiger partial charge in [0.2, 0.25) is 5.89 Å². The lowest BCUT2D eigenvalue weighted by Gasteiger charge is -2.04. The zero-order valence-corrected chi connectivity index (χ0v) is 11.3. The van der Waals surface area contributed by atoms with Crippen molar-refractivity contribution < 1.29 is 4.42 Å². The Morgan fingerprint density at radius 1 is 1.41 bits per heavy atom. The van der Waals surface area contributed by atoms with Crippen LogP contribution in [-0.2, 0) is 6.54 Å². The van der Waals surface area contributed by atoms with Crippen LogP contribution in [0, 0.1) is 0 Å². The van der Waals surface area contributed by atoms with Crippen molar-refractivity contribution in [3.63, 3.8) is 0 Å². The molecule has 90 valence electrons. The first-order valence-electron chi connectivity index (χ1n) is 4.88. The molecule has 7 heteroatoms. The molecule has 0 radical (unpaired) electrons. The van der Waals surface area contributed by atoms with Gasteiger partial charge in [0.15, 0.2) is 0 Å². The van der Waals surface area contributed by atoms with Gasteiger partial charge >= 0.3 is 6.01 Å². The second kappa shape index (κ2) is 5.48. The van der Waals surface area contributed by atoms with Crippen LogP contribution < -0.4 is 10.6 Å². The summed E-state index contributed by atoms with van der Waals surface area (Å²) in [5.74, 6) is 0.515. The van der Waals surface area contributed by atoms with E-state index in [1.54, 1.807) is 6.07 Å². The Bertz CT molecular complexity index is 517. The zero-order valence-electron chi connectivity index (χ0n) is 9.00. The lowest BCUT2D eigenvalue weighted by Crippen LogP contribution is -2.04. The van der Waals surface area contributed by atoms with Crippen LogP contribution in [0.15, 0.2) is 27.1 Å². The molecule has 2 aromatic rings. The third kappa shape index (κ3) is 3.18. The van der Waals surface area contributed by atoms with Crippen LogP contribution in [-0.4, -0.2) is 17.2 Å². The fraction of sp³-hybridized carbons (Fsp3) is 0.200. The Labute approximate surface area is 112 Å². The van der Waals surface area contributed by atoms with Gasteiger partial charge in [-0.05, 0) is 25.2 Å². The Balaban J connectivity index is 2.16. The van der Waals surface area contributed by atoms with Crippen LogP contribution in [0.4, 0.5) is 11.7 Å². The Hall–Kier alpha value is -1.11. The quantitative estimate of drug-likeness (QED) is 0.908. The highest BCUT2D eigenvalue weighted by Gasteiger charge is 2.07. The number of nitrogens with zero attached hydrogens (tertiary/aromatic N) is 2. The van der Waals surface area contributed by atoms with Gasteiger partial charge < -0.3 is 15.1 Å². The van der Waals surface area contributed by atoms with E-state index < -0.39 is 0 Å². The van der Waals surface area contributed by atoms with Crippen molar-refractivity contribution >= 4 is 39.2 Å². The van der Waals surface area contributed by atoms with Gasteiger partial charge in [-0.1, -0.05) is 32.6 Å². The molecule has 0 aliphatic carbocycles. The molecule has 2 N–H and O–H groups in total. The van der Waals surface area contributed by atoms with Crippen molar-refractivity contribution in [1.82, 2.24) is 15.5 Å². The van der Waals surface area contributed by atoms with E-state index in [1.165, 1.54) is 0 Å². The lowest BCUT2D eigenvalue weighted by molar-refractivity contribution is 0.493. The number of rotatable bonds is 4. The number of nitrogens with one attached hydrogen (secondary N) is 2. The van der Waals surface area contributed by atoms with E-state index in [4.69, 9.17) is 16.0 Å². The highest BCUT2D eigenvalue weighted by Crippen LogP contribution is 2.28. The summed E-state index contributed by atoms with van der Waals surface area (Å²) in [6.45, 7) is 0.529. The first kappa shape index (κ1) is 12.3. The monoisotopic (exact) mass is 316 g/mol. The zero-order chi connectivity index (χ0) is 12.3. The molecule has 0 saturated carbocycles. The Morgan fingerprint density at radius 3 is 3.00 bits per heavy atom. The van der Waals surface area contributed by atoms with Crippen molar-refractivity contribution in [3.8, 4) is 0 Å². The Morgan fingerprint density at radius 2 is 2.24 bits per heavy atom. The van der Waals surface area contributed by atoms with Crippen LogP contribution in [0.1, 0.15) is 5.89 Å². The van der Waals surface area contributed by atoms with E-state index in [1.807, 2.05) is 19.2 Å². The molecule has 2 rings (SSSR count). The maximum absolute atomic E-state index is 6.03. The number of hydrogen-bond acceptors (Lipinski definition) is 5. The Kier molecular flexibility index (Phi) is 3.98. The molecule has 0 spiro atoms. The SMILES string of the molecule is CNCc1nnc(Nc2cc(Br)ccc2Cl)o1. The van der Waals surface area contributed by atoms with Gasteiger partial charge in [-0.3, -0.25) is 0 Å². The molecule has 0 aliphatic rings. The molecular weight excluding hydrogens is 307 g/mol. The number of halogens is 2. The van der Waals surface area contributed by atoms with Crippen LogP contribution in [0.5, 0.6) is 0 Å². The third-order valence-corrected chi connectivity index (χ3v) is 2.79. The maximum Gasteiger partial charge on any atom is 0.320 e. The van der Waals surface area contributed by atoms with E-state index >= 15 is 0 Å². The van der Waals surface area contributed by atoms with Gasteiger partial charge in [-0.15, -0.1) is 5.10 Å². The van der Waals surface area contributed by atoms with E-state index in [-0.39, 0.29) is 0 Å². The van der Waals surface area contributed by atoms with Crippen molar-refractivity contribution in [2.75, 3.05) is 12.4 Å². The molecule has 0 fully saturated rings. The minimum atomic E-state index is 0.315.